The maximum Gasteiger partial charge on any atom is 2.00 e. The molecular weight excluding hydrogens is 402 g/mol. The molecule has 0 bridgehead atoms. The normalized spacial score (nSPS) is 13.4. The van der Waals surface area contributed by atoms with Crippen LogP contribution in [0.2, 0.25) is 0 Å². The summed E-state index contributed by atoms with van der Waals surface area (Å²) < 4.78 is 69.6. The van der Waals surface area contributed by atoms with Crippen LogP contribution < -0.4 is 10.2 Å². The van der Waals surface area contributed by atoms with E-state index in [1.165, 1.54) is 13.8 Å². The van der Waals surface area contributed by atoms with E-state index < -0.39 is 60.5 Å². The summed E-state index contributed by atoms with van der Waals surface area (Å²) in [5.74, 6) is -12.6. The molecule has 6 nitrogen and oxygen atoms in total. The zero-order chi connectivity index (χ0) is 19.9. The van der Waals surface area contributed by atoms with Gasteiger partial charge in [0.1, 0.15) is 0 Å². The van der Waals surface area contributed by atoms with Gasteiger partial charge in [-0.15, -0.1) is 0 Å². The Morgan fingerprint density at radius 3 is 0.960 bits per heavy atom. The van der Waals surface area contributed by atoms with Crippen LogP contribution in [0.1, 0.15) is 26.7 Å². The third-order valence-corrected chi connectivity index (χ3v) is 2.58. The molecule has 13 heteroatoms. The summed E-state index contributed by atoms with van der Waals surface area (Å²) in [7, 11) is 0. The molecule has 0 aromatic rings. The van der Waals surface area contributed by atoms with Crippen molar-refractivity contribution in [3.8, 4) is 0 Å². The Morgan fingerprint density at radius 1 is 0.720 bits per heavy atom. The Bertz CT molecular complexity index is 443. The van der Waals surface area contributed by atoms with Crippen molar-refractivity contribution in [1.29, 1.82) is 0 Å². The third kappa shape index (κ3) is 10.2. The molecule has 0 rings (SSSR count). The fourth-order valence-corrected chi connectivity index (χ4v) is 1.31. The van der Waals surface area contributed by atoms with E-state index >= 15 is 0 Å². The van der Waals surface area contributed by atoms with Gasteiger partial charge in [0.25, 0.3) is 0 Å². The van der Waals surface area contributed by atoms with E-state index in [1.54, 1.807) is 0 Å². The van der Waals surface area contributed by atoms with Gasteiger partial charge in [0.05, 0.1) is 23.8 Å². The van der Waals surface area contributed by atoms with Gasteiger partial charge in [-0.05, 0) is 12.8 Å². The monoisotopic (exact) mass is 414 g/mol. The zero-order valence-corrected chi connectivity index (χ0v) is 14.3. The molecule has 0 aliphatic rings. The number of ketones is 2. The molecule has 0 amide bonds. The number of carbonyl (C=O) groups is 4. The molecule has 0 saturated heterocycles. The minimum absolute atomic E-state index is 0. The summed E-state index contributed by atoms with van der Waals surface area (Å²) in [4.78, 5) is 40.6. The number of carboxylic acids is 2. The van der Waals surface area contributed by atoms with E-state index in [9.17, 15) is 55.7 Å². The number of carbonyl (C=O) groups excluding carboxylic acids is 4. The van der Waals surface area contributed by atoms with Gasteiger partial charge in [-0.2, -0.15) is 26.3 Å². The Kier molecular flexibility index (Phi) is 12.8. The van der Waals surface area contributed by atoms with Crippen molar-refractivity contribution in [1.82, 2.24) is 0 Å². The Labute approximate surface area is 152 Å². The second kappa shape index (κ2) is 11.2. The molecule has 2 atom stereocenters. The van der Waals surface area contributed by atoms with Crippen molar-refractivity contribution >= 4 is 23.5 Å². The van der Waals surface area contributed by atoms with Crippen LogP contribution in [0, 0.1) is 11.8 Å². The van der Waals surface area contributed by atoms with Crippen LogP contribution in [0.3, 0.4) is 0 Å². The standard InChI is InChI=1S/2C6H7F3O3.Ti/c2*1-2-3(5(11)12)4(10)6(7,8)9;/h2*3H,2H2,1H3,(H,11,12);/q;;+2/p-2. The van der Waals surface area contributed by atoms with Gasteiger partial charge in [0.15, 0.2) is 0 Å². The molecule has 0 fully saturated rings. The molecule has 0 N–H and O–H groups in total. The van der Waals surface area contributed by atoms with E-state index in [4.69, 9.17) is 0 Å². The molecule has 0 spiro atoms. The summed E-state index contributed by atoms with van der Waals surface area (Å²) in [5.41, 5.74) is 0. The first-order chi connectivity index (χ1) is 10.6. The van der Waals surface area contributed by atoms with Crippen molar-refractivity contribution in [2.45, 2.75) is 39.0 Å². The van der Waals surface area contributed by atoms with Gasteiger partial charge < -0.3 is 19.8 Å². The third-order valence-electron chi connectivity index (χ3n) is 2.58. The van der Waals surface area contributed by atoms with Crippen LogP contribution in [0.4, 0.5) is 26.3 Å². The van der Waals surface area contributed by atoms with Crippen LogP contribution in [0.15, 0.2) is 0 Å². The summed E-state index contributed by atoms with van der Waals surface area (Å²) in [6.07, 6.45) is -11.0. The van der Waals surface area contributed by atoms with E-state index in [1.807, 2.05) is 0 Å². The van der Waals surface area contributed by atoms with Crippen LogP contribution in [0.25, 0.3) is 0 Å². The zero-order valence-electron chi connectivity index (χ0n) is 12.8. The average Bonchev–Trinajstić information content (AvgIpc) is 2.37. The summed E-state index contributed by atoms with van der Waals surface area (Å²) in [6, 6.07) is 0. The number of halogens is 6. The van der Waals surface area contributed by atoms with Crippen molar-refractivity contribution in [3.05, 3.63) is 0 Å². The van der Waals surface area contributed by atoms with Crippen LogP contribution in [-0.2, 0) is 40.9 Å². The van der Waals surface area contributed by atoms with Crippen LogP contribution in [0.5, 0.6) is 0 Å². The fourth-order valence-electron chi connectivity index (χ4n) is 1.31. The number of aliphatic carboxylic acids is 2. The summed E-state index contributed by atoms with van der Waals surface area (Å²) in [6.45, 7) is 2.34. The second-order valence-electron chi connectivity index (χ2n) is 4.28. The van der Waals surface area contributed by atoms with Gasteiger partial charge in [0, 0.05) is 0 Å². The van der Waals surface area contributed by atoms with E-state index in [0.29, 0.717) is 0 Å². The number of alkyl halides is 6. The number of rotatable bonds is 6. The molecule has 0 aromatic heterocycles. The maximum absolute atomic E-state index is 11.6. The van der Waals surface area contributed by atoms with Crippen molar-refractivity contribution in [3.63, 3.8) is 0 Å². The van der Waals surface area contributed by atoms with Gasteiger partial charge in [-0.25, -0.2) is 0 Å². The SMILES string of the molecule is CCC(C(=O)[O-])C(=O)C(F)(F)F.CCC(C(=O)[O-])C(=O)C(F)(F)F.[Ti+2]. The Morgan fingerprint density at radius 2 is 0.920 bits per heavy atom. The predicted molar refractivity (Wildman–Crippen MR) is 59.7 cm³/mol. The number of hydrogen-bond acceptors (Lipinski definition) is 6. The Balaban J connectivity index is -0.000000372. The van der Waals surface area contributed by atoms with E-state index in [-0.39, 0.29) is 21.7 Å². The minimum atomic E-state index is -5.10. The maximum atomic E-state index is 11.6. The molecule has 0 aliphatic heterocycles. The first-order valence-corrected chi connectivity index (χ1v) is 6.24. The van der Waals surface area contributed by atoms with E-state index in [2.05, 4.69) is 0 Å². The minimum Gasteiger partial charge on any atom is -0.549 e. The largest absolute Gasteiger partial charge is 2.00 e. The van der Waals surface area contributed by atoms with Crippen LogP contribution in [-0.4, -0.2) is 35.9 Å². The molecule has 0 radical (unpaired) electrons. The Hall–Kier alpha value is -1.43. The molecular formula is C12H12F6O6Ti. The predicted octanol–water partition coefficient (Wildman–Crippen LogP) is -0.215. The summed E-state index contributed by atoms with van der Waals surface area (Å²) in [5, 5.41) is 20.0. The topological polar surface area (TPSA) is 114 Å². The molecule has 0 heterocycles. The van der Waals surface area contributed by atoms with Crippen molar-refractivity contribution in [2.24, 2.45) is 11.8 Å². The average molecular weight is 414 g/mol. The van der Waals surface area contributed by atoms with Gasteiger partial charge in [0.2, 0.25) is 11.6 Å². The second-order valence-corrected chi connectivity index (χ2v) is 4.28. The molecule has 0 aromatic carbocycles. The molecule has 2 unspecified atom stereocenters. The summed E-state index contributed by atoms with van der Waals surface area (Å²) >= 11 is 0. The van der Waals surface area contributed by atoms with Crippen LogP contribution >= 0.6 is 0 Å². The first kappa shape index (κ1) is 28.4. The first-order valence-electron chi connectivity index (χ1n) is 6.24. The molecule has 142 valence electrons. The number of carboxylic acid groups (broad SMARTS) is 2. The number of Topliss-reactive ketones (excluding diaryl/α,β-unsaturated/α-hetero) is 2. The smallest absolute Gasteiger partial charge is 0.549 e. The molecule has 25 heavy (non-hydrogen) atoms. The molecule has 0 aliphatic carbocycles. The molecule has 0 saturated carbocycles. The van der Waals surface area contributed by atoms with Gasteiger partial charge in [-0.1, -0.05) is 13.8 Å². The van der Waals surface area contributed by atoms with Crippen molar-refractivity contribution < 1.29 is 77.5 Å². The van der Waals surface area contributed by atoms with E-state index in [0.717, 1.165) is 0 Å². The van der Waals surface area contributed by atoms with Gasteiger partial charge >= 0.3 is 34.1 Å². The quantitative estimate of drug-likeness (QED) is 0.338. The van der Waals surface area contributed by atoms with Crippen molar-refractivity contribution in [2.75, 3.05) is 0 Å². The fraction of sp³-hybridized carbons (Fsp3) is 0.667. The number of hydrogen-bond donors (Lipinski definition) is 0. The van der Waals surface area contributed by atoms with Gasteiger partial charge in [-0.3, -0.25) is 9.59 Å².